The summed E-state index contributed by atoms with van der Waals surface area (Å²) in [6, 6.07) is 3.59. The number of rotatable bonds is 6. The summed E-state index contributed by atoms with van der Waals surface area (Å²) in [6.45, 7) is 13.2. The van der Waals surface area contributed by atoms with E-state index in [1.165, 1.54) is 0 Å². The molecule has 1 heterocycles. The van der Waals surface area contributed by atoms with Crippen LogP contribution >= 0.6 is 15.9 Å². The van der Waals surface area contributed by atoms with E-state index in [1.807, 2.05) is 26.8 Å². The molecule has 2 N–H and O–H groups in total. The van der Waals surface area contributed by atoms with Crippen LogP contribution in [0.1, 0.15) is 48.0 Å². The molecule has 0 saturated carbocycles. The summed E-state index contributed by atoms with van der Waals surface area (Å²) in [4.78, 5) is 18.7. The summed E-state index contributed by atoms with van der Waals surface area (Å²) in [5, 5.41) is 0. The Morgan fingerprint density at radius 3 is 2.40 bits per heavy atom. The number of hydrogen-bond acceptors (Lipinski definition) is 5. The lowest BCUT2D eigenvalue weighted by atomic mass is 9.96. The zero-order chi connectivity index (χ0) is 19.3. The topological polar surface area (TPSA) is 77.7 Å². The first kappa shape index (κ1) is 21.7. The van der Waals surface area contributed by atoms with Crippen molar-refractivity contribution in [2.45, 2.75) is 53.6 Å². The number of amides is 1. The summed E-state index contributed by atoms with van der Waals surface area (Å²) < 4.78 is 11.9. The van der Waals surface area contributed by atoms with Crippen LogP contribution in [0.3, 0.4) is 0 Å². The Labute approximate surface area is 159 Å². The van der Waals surface area contributed by atoms with Crippen molar-refractivity contribution in [1.82, 2.24) is 4.98 Å². The van der Waals surface area contributed by atoms with Gasteiger partial charge in [0.15, 0.2) is 0 Å². The molecule has 6 nitrogen and oxygen atoms in total. The summed E-state index contributed by atoms with van der Waals surface area (Å²) in [5.74, 6) is 0.934. The Bertz CT molecular complexity index is 580. The number of nitrogens with two attached hydrogens (primary N) is 1. The molecule has 25 heavy (non-hydrogen) atoms. The van der Waals surface area contributed by atoms with Crippen molar-refractivity contribution in [2.75, 3.05) is 24.6 Å². The molecule has 0 fully saturated rings. The van der Waals surface area contributed by atoms with Gasteiger partial charge in [-0.2, -0.15) is 4.98 Å². The van der Waals surface area contributed by atoms with Gasteiger partial charge in [0.25, 0.3) is 0 Å². The zero-order valence-corrected chi connectivity index (χ0v) is 17.6. The molecule has 1 amide bonds. The van der Waals surface area contributed by atoms with E-state index in [4.69, 9.17) is 15.2 Å². The quantitative estimate of drug-likeness (QED) is 0.698. The van der Waals surface area contributed by atoms with E-state index >= 15 is 0 Å². The summed E-state index contributed by atoms with van der Waals surface area (Å²) in [5.41, 5.74) is 4.80. The van der Waals surface area contributed by atoms with Gasteiger partial charge in [0.2, 0.25) is 5.88 Å². The SMILES string of the molecule is CC(C)(C)CN(C(=O)OC(C)(C)C)c1ccc(Br)c(OCCCN)n1. The summed E-state index contributed by atoms with van der Waals surface area (Å²) >= 11 is 3.43. The predicted molar refractivity (Wildman–Crippen MR) is 104 cm³/mol. The van der Waals surface area contributed by atoms with Gasteiger partial charge in [-0.3, -0.25) is 4.90 Å². The second-order valence-corrected chi connectivity index (χ2v) is 8.93. The number of nitrogens with zero attached hydrogens (tertiary/aromatic N) is 2. The first-order valence-corrected chi connectivity index (χ1v) is 9.22. The fraction of sp³-hybridized carbons (Fsp3) is 0.667. The number of anilines is 1. The van der Waals surface area contributed by atoms with Gasteiger partial charge in [0.05, 0.1) is 11.1 Å². The molecule has 0 bridgehead atoms. The summed E-state index contributed by atoms with van der Waals surface area (Å²) in [6.07, 6.45) is 0.306. The number of aromatic nitrogens is 1. The van der Waals surface area contributed by atoms with E-state index in [0.29, 0.717) is 31.4 Å². The molecule has 1 rings (SSSR count). The van der Waals surface area contributed by atoms with Crippen molar-refractivity contribution in [3.63, 3.8) is 0 Å². The largest absolute Gasteiger partial charge is 0.477 e. The molecule has 0 radical (unpaired) electrons. The van der Waals surface area contributed by atoms with Crippen LogP contribution in [-0.2, 0) is 4.74 Å². The molecule has 0 aliphatic carbocycles. The smallest absolute Gasteiger partial charge is 0.416 e. The molecular formula is C18H30BrN3O3. The van der Waals surface area contributed by atoms with Crippen LogP contribution in [-0.4, -0.2) is 36.4 Å². The number of hydrogen-bond donors (Lipinski definition) is 1. The summed E-state index contributed by atoms with van der Waals surface area (Å²) in [7, 11) is 0. The number of carbonyl (C=O) groups is 1. The van der Waals surface area contributed by atoms with Crippen LogP contribution < -0.4 is 15.4 Å². The van der Waals surface area contributed by atoms with Crippen molar-refractivity contribution in [3.05, 3.63) is 16.6 Å². The average molecular weight is 416 g/mol. The molecule has 7 heteroatoms. The Morgan fingerprint density at radius 1 is 1.24 bits per heavy atom. The number of ether oxygens (including phenoxy) is 2. The maximum Gasteiger partial charge on any atom is 0.416 e. The molecule has 0 unspecified atom stereocenters. The van der Waals surface area contributed by atoms with E-state index < -0.39 is 11.7 Å². The van der Waals surface area contributed by atoms with Gasteiger partial charge < -0.3 is 15.2 Å². The van der Waals surface area contributed by atoms with Gasteiger partial charge in [0, 0.05) is 6.54 Å². The molecular weight excluding hydrogens is 386 g/mol. The highest BCUT2D eigenvalue weighted by Gasteiger charge is 2.28. The van der Waals surface area contributed by atoms with Crippen molar-refractivity contribution < 1.29 is 14.3 Å². The van der Waals surface area contributed by atoms with E-state index in [9.17, 15) is 4.79 Å². The Hall–Kier alpha value is -1.34. The second kappa shape index (κ2) is 8.85. The fourth-order valence-corrected chi connectivity index (χ4v) is 2.28. The molecule has 0 aromatic carbocycles. The third kappa shape index (κ3) is 8.05. The Morgan fingerprint density at radius 2 is 1.88 bits per heavy atom. The molecule has 0 atom stereocenters. The minimum atomic E-state index is -0.580. The van der Waals surface area contributed by atoms with Gasteiger partial charge in [-0.15, -0.1) is 0 Å². The Balaban J connectivity index is 3.12. The third-order valence-electron chi connectivity index (χ3n) is 2.91. The third-order valence-corrected chi connectivity index (χ3v) is 3.51. The van der Waals surface area contributed by atoms with Gasteiger partial charge in [-0.1, -0.05) is 20.8 Å². The van der Waals surface area contributed by atoms with E-state index in [-0.39, 0.29) is 5.41 Å². The average Bonchev–Trinajstić information content (AvgIpc) is 2.44. The molecule has 1 aromatic heterocycles. The maximum absolute atomic E-state index is 12.7. The van der Waals surface area contributed by atoms with Crippen LogP contribution in [0.2, 0.25) is 0 Å². The monoisotopic (exact) mass is 415 g/mol. The van der Waals surface area contributed by atoms with E-state index in [2.05, 4.69) is 41.7 Å². The van der Waals surface area contributed by atoms with E-state index in [0.717, 1.165) is 10.9 Å². The minimum Gasteiger partial charge on any atom is -0.477 e. The van der Waals surface area contributed by atoms with Crippen LogP contribution in [0.15, 0.2) is 16.6 Å². The van der Waals surface area contributed by atoms with Gasteiger partial charge in [-0.05, 0) is 67.2 Å². The van der Waals surface area contributed by atoms with Crippen LogP contribution in [0.5, 0.6) is 5.88 Å². The van der Waals surface area contributed by atoms with Crippen molar-refractivity contribution in [1.29, 1.82) is 0 Å². The highest BCUT2D eigenvalue weighted by Crippen LogP contribution is 2.29. The first-order chi connectivity index (χ1) is 11.4. The van der Waals surface area contributed by atoms with Crippen LogP contribution in [0.4, 0.5) is 10.6 Å². The lowest BCUT2D eigenvalue weighted by Gasteiger charge is -2.31. The second-order valence-electron chi connectivity index (χ2n) is 8.07. The van der Waals surface area contributed by atoms with Gasteiger partial charge >= 0.3 is 6.09 Å². The van der Waals surface area contributed by atoms with Gasteiger partial charge in [-0.25, -0.2) is 4.79 Å². The number of carbonyl (C=O) groups excluding carboxylic acids is 1. The highest BCUT2D eigenvalue weighted by molar-refractivity contribution is 9.10. The standard InChI is InChI=1S/C18H30BrN3O3/c1-17(2,3)12-22(16(23)25-18(4,5)6)14-9-8-13(19)15(21-14)24-11-7-10-20/h8-9H,7,10-12,20H2,1-6H3. The van der Waals surface area contributed by atoms with Crippen LogP contribution in [0, 0.1) is 5.41 Å². The molecule has 0 spiro atoms. The van der Waals surface area contributed by atoms with Gasteiger partial charge in [0.1, 0.15) is 11.4 Å². The lowest BCUT2D eigenvalue weighted by molar-refractivity contribution is 0.0566. The number of halogens is 1. The molecule has 1 aromatic rings. The highest BCUT2D eigenvalue weighted by atomic mass is 79.9. The van der Waals surface area contributed by atoms with E-state index in [1.54, 1.807) is 11.0 Å². The molecule has 0 aliphatic heterocycles. The van der Waals surface area contributed by atoms with Crippen molar-refractivity contribution in [3.8, 4) is 5.88 Å². The first-order valence-electron chi connectivity index (χ1n) is 8.43. The minimum absolute atomic E-state index is 0.119. The van der Waals surface area contributed by atoms with Crippen molar-refractivity contribution >= 4 is 27.8 Å². The van der Waals surface area contributed by atoms with Crippen LogP contribution in [0.25, 0.3) is 0 Å². The molecule has 0 aliphatic rings. The zero-order valence-electron chi connectivity index (χ0n) is 16.1. The molecule has 142 valence electrons. The predicted octanol–water partition coefficient (Wildman–Crippen LogP) is 4.36. The fourth-order valence-electron chi connectivity index (χ4n) is 1.95. The maximum atomic E-state index is 12.7. The molecule has 0 saturated heterocycles. The lowest BCUT2D eigenvalue weighted by Crippen LogP contribution is -2.41. The normalized spacial score (nSPS) is 12.0. The number of pyridine rings is 1. The van der Waals surface area contributed by atoms with Crippen molar-refractivity contribution in [2.24, 2.45) is 11.1 Å². The Kier molecular flexibility index (Phi) is 7.68.